The van der Waals surface area contributed by atoms with Gasteiger partial charge in [-0.3, -0.25) is 10.2 Å². The van der Waals surface area contributed by atoms with Crippen molar-refractivity contribution in [3.8, 4) is 0 Å². The monoisotopic (exact) mass is 509 g/mol. The highest BCUT2D eigenvalue weighted by atomic mass is 32.1. The number of amides is 2. The van der Waals surface area contributed by atoms with Crippen molar-refractivity contribution in [3.05, 3.63) is 0 Å². The topological polar surface area (TPSA) is 121 Å². The summed E-state index contributed by atoms with van der Waals surface area (Å²) in [5.41, 5.74) is 5.38. The number of carbonyl (C=O) groups is 2. The molecule has 0 aromatic heterocycles. The molecule has 5 N–H and O–H groups in total. The first-order chi connectivity index (χ1) is 16.5. The lowest BCUT2D eigenvalue weighted by atomic mass is 9.79. The van der Waals surface area contributed by atoms with Crippen LogP contribution in [0.3, 0.4) is 0 Å². The molecule has 1 saturated carbocycles. The number of nitrogens with one attached hydrogen (secondary N) is 3. The van der Waals surface area contributed by atoms with Gasteiger partial charge in [0, 0.05) is 19.0 Å². The number of hydrogen-bond acceptors (Lipinski definition) is 5. The number of rotatable bonds is 11. The zero-order valence-corrected chi connectivity index (χ0v) is 23.1. The molecule has 9 heteroatoms. The Morgan fingerprint density at radius 2 is 1.86 bits per heavy atom. The minimum atomic E-state index is -0.474. The van der Waals surface area contributed by atoms with Crippen LogP contribution >= 0.6 is 12.2 Å². The number of alkyl carbamates (subject to hydrolysis) is 1. The normalized spacial score (nSPS) is 23.6. The predicted octanol–water partition coefficient (Wildman–Crippen LogP) is 4.36. The molecule has 0 unspecified atom stereocenters. The number of likely N-dealkylation sites (tertiary alicyclic amines) is 1. The van der Waals surface area contributed by atoms with E-state index in [1.54, 1.807) is 0 Å². The highest BCUT2D eigenvalue weighted by molar-refractivity contribution is 7.80. The number of nitrogens with zero attached hydrogens (tertiary/aromatic N) is 1. The number of hydrogen-bond donors (Lipinski definition) is 4. The molecule has 2 fully saturated rings. The van der Waals surface area contributed by atoms with Crippen LogP contribution in [0.1, 0.15) is 92.4 Å². The van der Waals surface area contributed by atoms with E-state index in [2.05, 4.69) is 31.4 Å². The highest BCUT2D eigenvalue weighted by Gasteiger charge is 2.41. The molecule has 8 nitrogen and oxygen atoms in total. The van der Waals surface area contributed by atoms with Crippen LogP contribution < -0.4 is 16.4 Å². The molecule has 0 aromatic carbocycles. The van der Waals surface area contributed by atoms with Gasteiger partial charge in [-0.25, -0.2) is 4.79 Å². The lowest BCUT2D eigenvalue weighted by molar-refractivity contribution is -0.124. The first-order valence-corrected chi connectivity index (χ1v) is 13.8. The van der Waals surface area contributed by atoms with Crippen LogP contribution in [-0.4, -0.2) is 59.0 Å². The van der Waals surface area contributed by atoms with Gasteiger partial charge in [0.15, 0.2) is 0 Å². The average Bonchev–Trinajstić information content (AvgIpc) is 3.29. The van der Waals surface area contributed by atoms with Crippen LogP contribution in [0.5, 0.6) is 0 Å². The Bertz CT molecular complexity index is 749. The molecular weight excluding hydrogens is 462 g/mol. The fourth-order valence-corrected chi connectivity index (χ4v) is 5.84. The minimum Gasteiger partial charge on any atom is -0.447 e. The van der Waals surface area contributed by atoms with E-state index in [1.807, 2.05) is 18.7 Å². The van der Waals surface area contributed by atoms with Gasteiger partial charge in [-0.05, 0) is 70.1 Å². The molecule has 2 rings (SSSR count). The maximum atomic E-state index is 13.2. The summed E-state index contributed by atoms with van der Waals surface area (Å²) in [6, 6.07) is -0.714. The van der Waals surface area contributed by atoms with E-state index in [9.17, 15) is 9.59 Å². The Hall–Kier alpha value is -1.90. The standard InChI is InChI=1S/C26H47N5O3S/c1-6-7-14-26(4,5)21(30-25(33)34-17(2)3)24(35)31-15-8-9-20(31)23(32)29-16-18-10-12-19(13-11-18)22(27)28/h17-21H,6-16H2,1-5H3,(H3,27,28)(H,29,32)(H,30,33)/t18?,19?,20-,21+/m0/s1. The summed E-state index contributed by atoms with van der Waals surface area (Å²) in [5.74, 6) is 0.899. The van der Waals surface area contributed by atoms with E-state index in [0.717, 1.165) is 57.8 Å². The second-order valence-corrected chi connectivity index (χ2v) is 11.6. The van der Waals surface area contributed by atoms with Gasteiger partial charge < -0.3 is 26.0 Å². The summed E-state index contributed by atoms with van der Waals surface area (Å²) in [6.07, 6.45) is 7.73. The Morgan fingerprint density at radius 1 is 1.20 bits per heavy atom. The van der Waals surface area contributed by atoms with Crippen LogP contribution in [0.15, 0.2) is 0 Å². The van der Waals surface area contributed by atoms with Crippen LogP contribution in [0.25, 0.3) is 0 Å². The SMILES string of the molecule is CCCCC(C)(C)[C@H](NC(=O)OC(C)C)C(=S)N1CCC[C@H]1C(=O)NCC1CCC(C(=N)N)CC1. The first-order valence-electron chi connectivity index (χ1n) is 13.4. The third-order valence-electron chi connectivity index (χ3n) is 7.50. The Labute approximate surface area is 217 Å². The van der Waals surface area contributed by atoms with E-state index in [0.29, 0.717) is 24.0 Å². The largest absolute Gasteiger partial charge is 0.447 e. The zero-order valence-electron chi connectivity index (χ0n) is 22.3. The molecule has 0 bridgehead atoms. The summed E-state index contributed by atoms with van der Waals surface area (Å²) in [4.78, 5) is 28.4. The quantitative estimate of drug-likeness (QED) is 0.187. The van der Waals surface area contributed by atoms with E-state index in [4.69, 9.17) is 28.1 Å². The van der Waals surface area contributed by atoms with Crippen LogP contribution in [-0.2, 0) is 9.53 Å². The van der Waals surface area contributed by atoms with Crippen molar-refractivity contribution in [2.75, 3.05) is 13.1 Å². The van der Waals surface area contributed by atoms with Gasteiger partial charge in [-0.2, -0.15) is 0 Å². The average molecular weight is 510 g/mol. The summed E-state index contributed by atoms with van der Waals surface area (Å²) in [5, 5.41) is 13.8. The highest BCUT2D eigenvalue weighted by Crippen LogP contribution is 2.32. The minimum absolute atomic E-state index is 0.00779. The van der Waals surface area contributed by atoms with Gasteiger partial charge in [0.05, 0.1) is 18.0 Å². The number of carbonyl (C=O) groups excluding carboxylic acids is 2. The predicted molar refractivity (Wildman–Crippen MR) is 145 cm³/mol. The third kappa shape index (κ3) is 8.62. The van der Waals surface area contributed by atoms with Crippen molar-refractivity contribution in [1.29, 1.82) is 5.41 Å². The van der Waals surface area contributed by atoms with Gasteiger partial charge in [0.2, 0.25) is 5.91 Å². The van der Waals surface area contributed by atoms with E-state index in [1.165, 1.54) is 0 Å². The molecule has 2 amide bonds. The van der Waals surface area contributed by atoms with Crippen molar-refractivity contribution in [1.82, 2.24) is 15.5 Å². The molecule has 200 valence electrons. The molecule has 0 spiro atoms. The van der Waals surface area contributed by atoms with Gasteiger partial charge in [0.1, 0.15) is 11.0 Å². The second-order valence-electron chi connectivity index (χ2n) is 11.2. The fraction of sp³-hybridized carbons (Fsp3) is 0.846. The summed E-state index contributed by atoms with van der Waals surface area (Å²) in [7, 11) is 0. The zero-order chi connectivity index (χ0) is 26.2. The lowest BCUT2D eigenvalue weighted by Gasteiger charge is -2.40. The molecule has 1 aliphatic carbocycles. The van der Waals surface area contributed by atoms with Crippen molar-refractivity contribution in [2.45, 2.75) is 111 Å². The molecular formula is C26H47N5O3S. The summed E-state index contributed by atoms with van der Waals surface area (Å²) in [6.45, 7) is 11.4. The van der Waals surface area contributed by atoms with Crippen molar-refractivity contribution >= 4 is 35.0 Å². The number of unbranched alkanes of at least 4 members (excludes halogenated alkanes) is 1. The molecule has 1 aliphatic heterocycles. The van der Waals surface area contributed by atoms with Gasteiger partial charge in [-0.15, -0.1) is 0 Å². The van der Waals surface area contributed by atoms with E-state index < -0.39 is 12.1 Å². The number of amidine groups is 1. The third-order valence-corrected chi connectivity index (χ3v) is 7.97. The van der Waals surface area contributed by atoms with Crippen molar-refractivity contribution in [2.24, 2.45) is 23.0 Å². The second kappa shape index (κ2) is 13.4. The molecule has 0 radical (unpaired) electrons. The van der Waals surface area contributed by atoms with Gasteiger partial charge >= 0.3 is 6.09 Å². The molecule has 2 atom stereocenters. The summed E-state index contributed by atoms with van der Waals surface area (Å²) >= 11 is 5.95. The Kier molecular flexibility index (Phi) is 11.2. The van der Waals surface area contributed by atoms with E-state index in [-0.39, 0.29) is 35.2 Å². The Morgan fingerprint density at radius 3 is 2.43 bits per heavy atom. The number of ether oxygens (including phenoxy) is 1. The fourth-order valence-electron chi connectivity index (χ4n) is 5.24. The van der Waals surface area contributed by atoms with Crippen LogP contribution in [0.4, 0.5) is 4.79 Å². The van der Waals surface area contributed by atoms with Crippen LogP contribution in [0, 0.1) is 22.7 Å². The number of nitrogens with two attached hydrogens (primary N) is 1. The number of thiocarbonyl (C=S) groups is 1. The maximum Gasteiger partial charge on any atom is 0.407 e. The molecule has 2 aliphatic rings. The first kappa shape index (κ1) is 29.3. The molecule has 1 heterocycles. The summed E-state index contributed by atoms with van der Waals surface area (Å²) < 4.78 is 5.37. The maximum absolute atomic E-state index is 13.2. The van der Waals surface area contributed by atoms with Crippen molar-refractivity contribution < 1.29 is 14.3 Å². The van der Waals surface area contributed by atoms with Crippen molar-refractivity contribution in [3.63, 3.8) is 0 Å². The van der Waals surface area contributed by atoms with Gasteiger partial charge in [-0.1, -0.05) is 45.8 Å². The molecule has 1 saturated heterocycles. The van der Waals surface area contributed by atoms with Gasteiger partial charge in [0.25, 0.3) is 0 Å². The van der Waals surface area contributed by atoms with E-state index >= 15 is 0 Å². The smallest absolute Gasteiger partial charge is 0.407 e. The Balaban J connectivity index is 2.04. The molecule has 35 heavy (non-hydrogen) atoms. The lowest BCUT2D eigenvalue weighted by Crippen LogP contribution is -2.58. The molecule has 0 aromatic rings. The van der Waals surface area contributed by atoms with Crippen LogP contribution in [0.2, 0.25) is 0 Å².